The quantitative estimate of drug-likeness (QED) is 0.300. The van der Waals surface area contributed by atoms with Crippen LogP contribution in [0.5, 0.6) is 17.4 Å². The first-order valence-electron chi connectivity index (χ1n) is 12.3. The normalized spacial score (nSPS) is 13.8. The van der Waals surface area contributed by atoms with Gasteiger partial charge in [-0.2, -0.15) is 5.10 Å². The zero-order valence-electron chi connectivity index (χ0n) is 20.6. The number of aromatic amines is 1. The van der Waals surface area contributed by atoms with Gasteiger partial charge >= 0.3 is 0 Å². The third kappa shape index (κ3) is 5.10. The Morgan fingerprint density at radius 2 is 1.92 bits per heavy atom. The highest BCUT2D eigenvalue weighted by Crippen LogP contribution is 2.37. The van der Waals surface area contributed by atoms with Crippen molar-refractivity contribution in [1.82, 2.24) is 15.2 Å². The molecule has 0 saturated heterocycles. The molecule has 1 amide bonds. The topological polar surface area (TPSA) is 89.1 Å². The van der Waals surface area contributed by atoms with E-state index < -0.39 is 0 Å². The zero-order chi connectivity index (χ0) is 24.9. The van der Waals surface area contributed by atoms with E-state index in [9.17, 15) is 4.79 Å². The highest BCUT2D eigenvalue weighted by atomic mass is 16.5. The first kappa shape index (κ1) is 23.6. The van der Waals surface area contributed by atoms with Crippen LogP contribution in [0.15, 0.2) is 67.1 Å². The summed E-state index contributed by atoms with van der Waals surface area (Å²) in [6.45, 7) is 1.94. The summed E-state index contributed by atoms with van der Waals surface area (Å²) in [7, 11) is 1.62. The van der Waals surface area contributed by atoms with E-state index in [4.69, 9.17) is 9.47 Å². The summed E-state index contributed by atoms with van der Waals surface area (Å²) in [5.41, 5.74) is 4.99. The van der Waals surface area contributed by atoms with Gasteiger partial charge in [-0.05, 0) is 73.2 Å². The maximum absolute atomic E-state index is 13.3. The number of rotatable bonds is 7. The van der Waals surface area contributed by atoms with Gasteiger partial charge in [0.05, 0.1) is 19.0 Å². The Labute approximate surface area is 210 Å². The van der Waals surface area contributed by atoms with E-state index in [1.165, 1.54) is 37.7 Å². The SMILES string of the molecule is COc1ccc(C2CCCCC2)cc1NC(=O)c1ccc(C)c(Oc2ncccc2-c2cn[nH]c2)c1. The fraction of sp³-hybridized carbons (Fsp3) is 0.276. The first-order valence-corrected chi connectivity index (χ1v) is 12.3. The first-order chi connectivity index (χ1) is 17.6. The number of hydrogen-bond acceptors (Lipinski definition) is 5. The van der Waals surface area contributed by atoms with Gasteiger partial charge in [-0.25, -0.2) is 4.98 Å². The number of benzene rings is 2. The molecule has 4 aromatic rings. The van der Waals surface area contributed by atoms with Crippen molar-refractivity contribution in [1.29, 1.82) is 0 Å². The summed E-state index contributed by atoms with van der Waals surface area (Å²) >= 11 is 0. The summed E-state index contributed by atoms with van der Waals surface area (Å²) in [6, 6.07) is 15.3. The summed E-state index contributed by atoms with van der Waals surface area (Å²) in [5.74, 6) is 1.96. The van der Waals surface area contributed by atoms with E-state index in [1.54, 1.807) is 37.8 Å². The number of aryl methyl sites for hydroxylation is 1. The van der Waals surface area contributed by atoms with Crippen molar-refractivity contribution < 1.29 is 14.3 Å². The molecule has 2 heterocycles. The lowest BCUT2D eigenvalue weighted by Gasteiger charge is -2.23. The molecule has 0 spiro atoms. The average molecular weight is 483 g/mol. The fourth-order valence-corrected chi connectivity index (χ4v) is 4.75. The van der Waals surface area contributed by atoms with Crippen LogP contribution in [0.25, 0.3) is 11.1 Å². The van der Waals surface area contributed by atoms with Crippen molar-refractivity contribution in [2.75, 3.05) is 12.4 Å². The number of carbonyl (C=O) groups excluding carboxylic acids is 1. The number of pyridine rings is 1. The van der Waals surface area contributed by atoms with E-state index in [2.05, 4.69) is 32.6 Å². The molecule has 184 valence electrons. The number of methoxy groups -OCH3 is 1. The van der Waals surface area contributed by atoms with E-state index in [-0.39, 0.29) is 5.91 Å². The van der Waals surface area contributed by atoms with Crippen LogP contribution in [0.2, 0.25) is 0 Å². The van der Waals surface area contributed by atoms with Gasteiger partial charge in [-0.15, -0.1) is 0 Å². The second-order valence-corrected chi connectivity index (χ2v) is 9.17. The third-order valence-electron chi connectivity index (χ3n) is 6.79. The molecule has 7 heteroatoms. The molecule has 7 nitrogen and oxygen atoms in total. The zero-order valence-corrected chi connectivity index (χ0v) is 20.6. The van der Waals surface area contributed by atoms with Gasteiger partial charge in [0, 0.05) is 29.1 Å². The maximum Gasteiger partial charge on any atom is 0.255 e. The molecule has 0 unspecified atom stereocenters. The number of aromatic nitrogens is 3. The molecule has 0 bridgehead atoms. The largest absolute Gasteiger partial charge is 0.495 e. The molecule has 36 heavy (non-hydrogen) atoms. The van der Waals surface area contributed by atoms with Crippen molar-refractivity contribution in [2.24, 2.45) is 0 Å². The Kier molecular flexibility index (Phi) is 6.98. The summed E-state index contributed by atoms with van der Waals surface area (Å²) in [5, 5.41) is 9.89. The number of carbonyl (C=O) groups is 1. The molecule has 5 rings (SSSR count). The van der Waals surface area contributed by atoms with Gasteiger partial charge in [0.25, 0.3) is 5.91 Å². The van der Waals surface area contributed by atoms with Gasteiger partial charge in [0.2, 0.25) is 5.88 Å². The standard InChI is InChI=1S/C29H30N4O3/c1-19-10-11-22(16-27(19)36-29-24(9-6-14-30-29)23-17-31-32-18-23)28(34)33-25-15-21(12-13-26(25)35-2)20-7-4-3-5-8-20/h6,9-18,20H,3-5,7-8H2,1-2H3,(H,31,32)(H,33,34). The average Bonchev–Trinajstić information content (AvgIpc) is 3.45. The van der Waals surface area contributed by atoms with Gasteiger partial charge in [0.1, 0.15) is 11.5 Å². The summed E-state index contributed by atoms with van der Waals surface area (Å²) in [4.78, 5) is 17.7. The minimum absolute atomic E-state index is 0.227. The van der Waals surface area contributed by atoms with Crippen LogP contribution in [0, 0.1) is 6.92 Å². The van der Waals surface area contributed by atoms with Crippen molar-refractivity contribution >= 4 is 11.6 Å². The Morgan fingerprint density at radius 1 is 1.06 bits per heavy atom. The predicted molar refractivity (Wildman–Crippen MR) is 140 cm³/mol. The van der Waals surface area contributed by atoms with Crippen LogP contribution in [-0.2, 0) is 0 Å². The molecule has 2 N–H and O–H groups in total. The minimum atomic E-state index is -0.227. The Bertz CT molecular complexity index is 1340. The van der Waals surface area contributed by atoms with Crippen LogP contribution in [0.4, 0.5) is 5.69 Å². The smallest absolute Gasteiger partial charge is 0.255 e. The molecule has 0 radical (unpaired) electrons. The molecular weight excluding hydrogens is 452 g/mol. The van der Waals surface area contributed by atoms with Crippen LogP contribution in [0.3, 0.4) is 0 Å². The predicted octanol–water partition coefficient (Wildman–Crippen LogP) is 6.88. The van der Waals surface area contributed by atoms with Crippen molar-refractivity contribution in [3.05, 3.63) is 83.8 Å². The molecule has 1 aliphatic rings. The van der Waals surface area contributed by atoms with Crippen LogP contribution >= 0.6 is 0 Å². The Hall–Kier alpha value is -4.13. The van der Waals surface area contributed by atoms with Crippen LogP contribution < -0.4 is 14.8 Å². The van der Waals surface area contributed by atoms with E-state index in [0.717, 1.165) is 16.7 Å². The number of nitrogens with one attached hydrogen (secondary N) is 2. The van der Waals surface area contributed by atoms with Gasteiger partial charge in [-0.1, -0.05) is 31.4 Å². The van der Waals surface area contributed by atoms with E-state index >= 15 is 0 Å². The molecule has 1 saturated carbocycles. The molecule has 1 aliphatic carbocycles. The van der Waals surface area contributed by atoms with Crippen molar-refractivity contribution in [3.63, 3.8) is 0 Å². The lowest BCUT2D eigenvalue weighted by Crippen LogP contribution is -2.14. The number of nitrogens with zero attached hydrogens (tertiary/aromatic N) is 2. The number of anilines is 1. The van der Waals surface area contributed by atoms with E-state index in [0.29, 0.717) is 34.5 Å². The van der Waals surface area contributed by atoms with Gasteiger partial charge in [0.15, 0.2) is 0 Å². The number of ether oxygens (including phenoxy) is 2. The second kappa shape index (κ2) is 10.6. The van der Waals surface area contributed by atoms with E-state index in [1.807, 2.05) is 31.2 Å². The summed E-state index contributed by atoms with van der Waals surface area (Å²) < 4.78 is 11.7. The summed E-state index contributed by atoms with van der Waals surface area (Å²) in [6.07, 6.45) is 11.4. The lowest BCUT2D eigenvalue weighted by atomic mass is 9.84. The molecule has 0 aliphatic heterocycles. The maximum atomic E-state index is 13.3. The minimum Gasteiger partial charge on any atom is -0.495 e. The highest BCUT2D eigenvalue weighted by molar-refractivity contribution is 6.05. The van der Waals surface area contributed by atoms with Gasteiger partial charge < -0.3 is 14.8 Å². The monoisotopic (exact) mass is 482 g/mol. The Balaban J connectivity index is 1.39. The van der Waals surface area contributed by atoms with Crippen molar-refractivity contribution in [2.45, 2.75) is 44.9 Å². The van der Waals surface area contributed by atoms with Crippen LogP contribution in [-0.4, -0.2) is 28.2 Å². The molecular formula is C29H30N4O3. The fourth-order valence-electron chi connectivity index (χ4n) is 4.75. The number of hydrogen-bond donors (Lipinski definition) is 2. The van der Waals surface area contributed by atoms with Crippen LogP contribution in [0.1, 0.15) is 59.5 Å². The molecule has 1 fully saturated rings. The molecule has 2 aromatic heterocycles. The lowest BCUT2D eigenvalue weighted by molar-refractivity contribution is 0.102. The molecule has 0 atom stereocenters. The highest BCUT2D eigenvalue weighted by Gasteiger charge is 2.19. The second-order valence-electron chi connectivity index (χ2n) is 9.17. The third-order valence-corrected chi connectivity index (χ3v) is 6.79. The van der Waals surface area contributed by atoms with Gasteiger partial charge in [-0.3, -0.25) is 9.89 Å². The number of H-pyrrole nitrogens is 1. The van der Waals surface area contributed by atoms with Crippen molar-refractivity contribution in [3.8, 4) is 28.5 Å². The Morgan fingerprint density at radius 3 is 2.69 bits per heavy atom. The molecule has 2 aromatic carbocycles. The number of amides is 1.